The Morgan fingerprint density at radius 3 is 2.55 bits per heavy atom. The topological polar surface area (TPSA) is 40.6 Å². The van der Waals surface area contributed by atoms with E-state index < -0.39 is 0 Å². The number of carbonyl (C=O) groups excluding carboxylic acids is 2. The van der Waals surface area contributed by atoms with Gasteiger partial charge in [-0.2, -0.15) is 0 Å². The van der Waals surface area contributed by atoms with Crippen LogP contribution in [0.3, 0.4) is 0 Å². The molecule has 0 saturated carbocycles. The Bertz CT molecular complexity index is 553. The van der Waals surface area contributed by atoms with Gasteiger partial charge in [-0.3, -0.25) is 9.59 Å². The molecule has 1 atom stereocenters. The normalized spacial score (nSPS) is 22.8. The molecule has 22 heavy (non-hydrogen) atoms. The van der Waals surface area contributed by atoms with Crippen LogP contribution in [0.5, 0.6) is 0 Å². The summed E-state index contributed by atoms with van der Waals surface area (Å²) >= 11 is 0. The molecule has 2 saturated heterocycles. The molecule has 2 heterocycles. The van der Waals surface area contributed by atoms with E-state index in [2.05, 4.69) is 6.92 Å². The molecule has 0 bridgehead atoms. The highest BCUT2D eigenvalue weighted by Crippen LogP contribution is 2.23. The van der Waals surface area contributed by atoms with Crippen LogP contribution in [0.1, 0.15) is 49.4 Å². The molecule has 118 valence electrons. The van der Waals surface area contributed by atoms with Crippen LogP contribution in [-0.4, -0.2) is 36.3 Å². The average molecular weight is 300 g/mol. The molecule has 0 aliphatic carbocycles. The number of amides is 2. The summed E-state index contributed by atoms with van der Waals surface area (Å²) in [5.41, 5.74) is 1.63. The van der Waals surface area contributed by atoms with Crippen LogP contribution in [0.15, 0.2) is 24.3 Å². The van der Waals surface area contributed by atoms with Crippen LogP contribution in [-0.2, 0) is 4.79 Å². The van der Waals surface area contributed by atoms with Gasteiger partial charge in [-0.15, -0.1) is 0 Å². The molecule has 2 amide bonds. The summed E-state index contributed by atoms with van der Waals surface area (Å²) in [6.07, 6.45) is 4.97. The highest BCUT2D eigenvalue weighted by Gasteiger charge is 2.23. The van der Waals surface area contributed by atoms with Gasteiger partial charge in [-0.25, -0.2) is 0 Å². The summed E-state index contributed by atoms with van der Waals surface area (Å²) in [6, 6.07) is 7.53. The molecule has 4 nitrogen and oxygen atoms in total. The second-order valence-electron chi connectivity index (χ2n) is 6.55. The lowest BCUT2D eigenvalue weighted by Gasteiger charge is -2.31. The Morgan fingerprint density at radius 1 is 1.09 bits per heavy atom. The molecule has 1 aromatic rings. The quantitative estimate of drug-likeness (QED) is 0.842. The zero-order valence-corrected chi connectivity index (χ0v) is 13.3. The van der Waals surface area contributed by atoms with Crippen LogP contribution in [0.2, 0.25) is 0 Å². The van der Waals surface area contributed by atoms with Crippen LogP contribution in [0.25, 0.3) is 0 Å². The van der Waals surface area contributed by atoms with Gasteiger partial charge in [-0.1, -0.05) is 6.92 Å². The minimum Gasteiger partial charge on any atom is -0.338 e. The van der Waals surface area contributed by atoms with Crippen molar-refractivity contribution in [3.05, 3.63) is 29.8 Å². The third kappa shape index (κ3) is 3.16. The Kier molecular flexibility index (Phi) is 4.46. The highest BCUT2D eigenvalue weighted by atomic mass is 16.2. The van der Waals surface area contributed by atoms with Gasteiger partial charge in [0.2, 0.25) is 5.91 Å². The van der Waals surface area contributed by atoms with Crippen molar-refractivity contribution in [3.8, 4) is 0 Å². The number of rotatable bonds is 2. The molecular weight excluding hydrogens is 276 g/mol. The number of nitrogens with zero attached hydrogens (tertiary/aromatic N) is 2. The first kappa shape index (κ1) is 15.1. The summed E-state index contributed by atoms with van der Waals surface area (Å²) in [5, 5.41) is 0. The van der Waals surface area contributed by atoms with Crippen molar-refractivity contribution in [1.82, 2.24) is 4.90 Å². The van der Waals surface area contributed by atoms with Gasteiger partial charge >= 0.3 is 0 Å². The number of benzene rings is 1. The first-order chi connectivity index (χ1) is 10.6. The van der Waals surface area contributed by atoms with Crippen LogP contribution in [0.4, 0.5) is 5.69 Å². The SMILES string of the molecule is CC1CCCN(C(=O)c2ccc(N3CCCCC3=O)cc2)C1. The lowest BCUT2D eigenvalue weighted by molar-refractivity contribution is -0.119. The molecule has 0 aromatic heterocycles. The van der Waals surface area contributed by atoms with Gasteiger partial charge in [0.15, 0.2) is 0 Å². The molecular formula is C18H24N2O2. The number of hydrogen-bond donors (Lipinski definition) is 0. The third-order valence-electron chi connectivity index (χ3n) is 4.69. The van der Waals surface area contributed by atoms with Crippen LogP contribution < -0.4 is 4.90 Å². The van der Waals surface area contributed by atoms with Gasteiger partial charge < -0.3 is 9.80 Å². The van der Waals surface area contributed by atoms with E-state index in [0.29, 0.717) is 12.3 Å². The summed E-state index contributed by atoms with van der Waals surface area (Å²) < 4.78 is 0. The summed E-state index contributed by atoms with van der Waals surface area (Å²) in [7, 11) is 0. The minimum absolute atomic E-state index is 0.114. The zero-order chi connectivity index (χ0) is 15.5. The van der Waals surface area contributed by atoms with E-state index >= 15 is 0 Å². The van der Waals surface area contributed by atoms with E-state index in [9.17, 15) is 9.59 Å². The molecule has 0 spiro atoms. The van der Waals surface area contributed by atoms with Crippen molar-refractivity contribution in [2.24, 2.45) is 5.92 Å². The maximum absolute atomic E-state index is 12.5. The highest BCUT2D eigenvalue weighted by molar-refractivity contribution is 5.97. The molecule has 1 unspecified atom stereocenters. The van der Waals surface area contributed by atoms with Gasteiger partial charge in [0, 0.05) is 37.3 Å². The fourth-order valence-electron chi connectivity index (χ4n) is 3.42. The lowest BCUT2D eigenvalue weighted by Crippen LogP contribution is -2.39. The van der Waals surface area contributed by atoms with E-state index in [1.807, 2.05) is 34.1 Å². The van der Waals surface area contributed by atoms with Crippen molar-refractivity contribution < 1.29 is 9.59 Å². The minimum atomic E-state index is 0.114. The number of anilines is 1. The van der Waals surface area contributed by atoms with Crippen molar-refractivity contribution in [3.63, 3.8) is 0 Å². The second-order valence-corrected chi connectivity index (χ2v) is 6.55. The smallest absolute Gasteiger partial charge is 0.253 e. The maximum Gasteiger partial charge on any atom is 0.253 e. The molecule has 3 rings (SSSR count). The summed E-state index contributed by atoms with van der Waals surface area (Å²) in [4.78, 5) is 28.3. The molecule has 0 N–H and O–H groups in total. The fourth-order valence-corrected chi connectivity index (χ4v) is 3.42. The third-order valence-corrected chi connectivity index (χ3v) is 4.69. The largest absolute Gasteiger partial charge is 0.338 e. The standard InChI is InChI=1S/C18H24N2O2/c1-14-5-4-11-19(13-14)18(22)15-7-9-16(10-8-15)20-12-3-2-6-17(20)21/h7-10,14H,2-6,11-13H2,1H3. The Morgan fingerprint density at radius 2 is 1.86 bits per heavy atom. The number of piperidine rings is 2. The monoisotopic (exact) mass is 300 g/mol. The molecule has 0 radical (unpaired) electrons. The predicted octanol–water partition coefficient (Wildman–Crippen LogP) is 3.08. The van der Waals surface area contributed by atoms with Crippen molar-refractivity contribution in [2.75, 3.05) is 24.5 Å². The molecule has 2 aliphatic rings. The van der Waals surface area contributed by atoms with E-state index in [0.717, 1.165) is 50.1 Å². The molecule has 4 heteroatoms. The first-order valence-electron chi connectivity index (χ1n) is 8.35. The van der Waals surface area contributed by atoms with Crippen molar-refractivity contribution in [1.29, 1.82) is 0 Å². The summed E-state index contributed by atoms with van der Waals surface area (Å²) in [6.45, 7) is 4.70. The van der Waals surface area contributed by atoms with Crippen LogP contribution >= 0.6 is 0 Å². The second kappa shape index (κ2) is 6.51. The maximum atomic E-state index is 12.5. The van der Waals surface area contributed by atoms with E-state index in [-0.39, 0.29) is 11.8 Å². The Labute approximate surface area is 132 Å². The average Bonchev–Trinajstić information content (AvgIpc) is 2.55. The van der Waals surface area contributed by atoms with E-state index in [1.165, 1.54) is 6.42 Å². The van der Waals surface area contributed by atoms with Crippen LogP contribution in [0, 0.1) is 5.92 Å². The summed E-state index contributed by atoms with van der Waals surface area (Å²) in [5.74, 6) is 0.890. The van der Waals surface area contributed by atoms with Crippen molar-refractivity contribution >= 4 is 17.5 Å². The predicted molar refractivity (Wildman–Crippen MR) is 86.9 cm³/mol. The van der Waals surface area contributed by atoms with Gasteiger partial charge in [0.1, 0.15) is 0 Å². The number of hydrogen-bond acceptors (Lipinski definition) is 2. The molecule has 2 fully saturated rings. The zero-order valence-electron chi connectivity index (χ0n) is 13.3. The molecule has 2 aliphatic heterocycles. The van der Waals surface area contributed by atoms with Gasteiger partial charge in [0.25, 0.3) is 5.91 Å². The molecule has 1 aromatic carbocycles. The van der Waals surface area contributed by atoms with Gasteiger partial charge in [-0.05, 0) is 55.9 Å². The fraction of sp³-hybridized carbons (Fsp3) is 0.556. The first-order valence-corrected chi connectivity index (χ1v) is 8.35. The number of likely N-dealkylation sites (tertiary alicyclic amines) is 1. The van der Waals surface area contributed by atoms with E-state index in [1.54, 1.807) is 0 Å². The Balaban J connectivity index is 1.70. The van der Waals surface area contributed by atoms with E-state index in [4.69, 9.17) is 0 Å². The number of carbonyl (C=O) groups is 2. The lowest BCUT2D eigenvalue weighted by atomic mass is 9.99. The van der Waals surface area contributed by atoms with Crippen molar-refractivity contribution in [2.45, 2.75) is 39.0 Å². The van der Waals surface area contributed by atoms with Gasteiger partial charge in [0.05, 0.1) is 0 Å². The Hall–Kier alpha value is -1.84.